The minimum absolute atomic E-state index is 0.284. The highest BCUT2D eigenvalue weighted by molar-refractivity contribution is 5.13. The van der Waals surface area contributed by atoms with Gasteiger partial charge in [-0.3, -0.25) is 0 Å². The van der Waals surface area contributed by atoms with Crippen molar-refractivity contribution >= 4 is 0 Å². The van der Waals surface area contributed by atoms with Crippen LogP contribution in [0.2, 0.25) is 0 Å². The Bertz CT molecular complexity index is 339. The third-order valence-electron chi connectivity index (χ3n) is 3.35. The molecule has 1 saturated heterocycles. The molecule has 2 rings (SSSR count). The van der Waals surface area contributed by atoms with Crippen LogP contribution in [-0.4, -0.2) is 23.6 Å². The predicted octanol–water partition coefficient (Wildman–Crippen LogP) is 2.48. The molecular formula is C14H20O3. The molecule has 0 amide bonds. The van der Waals surface area contributed by atoms with Crippen LogP contribution in [0, 0.1) is 0 Å². The minimum atomic E-state index is -0.615. The van der Waals surface area contributed by atoms with Crippen LogP contribution < -0.4 is 0 Å². The largest absolute Gasteiger partial charge is 0.374 e. The fourth-order valence-corrected chi connectivity index (χ4v) is 2.19. The molecule has 1 aliphatic rings. The Morgan fingerprint density at radius 1 is 1.41 bits per heavy atom. The summed E-state index contributed by atoms with van der Waals surface area (Å²) in [5.41, 5.74) is 0.881. The van der Waals surface area contributed by atoms with Gasteiger partial charge in [-0.2, -0.15) is 0 Å². The van der Waals surface area contributed by atoms with Crippen molar-refractivity contribution in [3.63, 3.8) is 0 Å². The molecule has 1 aromatic rings. The quantitative estimate of drug-likeness (QED) is 0.853. The van der Waals surface area contributed by atoms with Crippen LogP contribution >= 0.6 is 0 Å². The second-order valence-corrected chi connectivity index (χ2v) is 4.63. The van der Waals surface area contributed by atoms with Gasteiger partial charge in [0.15, 0.2) is 6.29 Å². The summed E-state index contributed by atoms with van der Waals surface area (Å²) in [7, 11) is 0. The molecule has 2 unspecified atom stereocenters. The molecule has 1 heterocycles. The zero-order valence-electron chi connectivity index (χ0n) is 10.3. The molecule has 0 radical (unpaired) electrons. The molecule has 0 spiro atoms. The van der Waals surface area contributed by atoms with Crippen molar-refractivity contribution in [1.82, 2.24) is 0 Å². The summed E-state index contributed by atoms with van der Waals surface area (Å²) in [5, 5.41) is 9.43. The molecule has 17 heavy (non-hydrogen) atoms. The number of aliphatic hydroxyl groups is 1. The Morgan fingerprint density at radius 2 is 2.18 bits per heavy atom. The van der Waals surface area contributed by atoms with E-state index in [9.17, 15) is 5.11 Å². The third kappa shape index (κ3) is 3.28. The average molecular weight is 236 g/mol. The van der Waals surface area contributed by atoms with E-state index in [0.29, 0.717) is 19.6 Å². The summed E-state index contributed by atoms with van der Waals surface area (Å²) in [6, 6.07) is 10.1. The predicted molar refractivity (Wildman–Crippen MR) is 65.4 cm³/mol. The van der Waals surface area contributed by atoms with E-state index < -0.39 is 6.29 Å². The lowest BCUT2D eigenvalue weighted by Gasteiger charge is -2.27. The van der Waals surface area contributed by atoms with Gasteiger partial charge in [0.05, 0.1) is 18.8 Å². The Balaban J connectivity index is 1.81. The van der Waals surface area contributed by atoms with Crippen molar-refractivity contribution in [3.05, 3.63) is 35.9 Å². The maximum Gasteiger partial charge on any atom is 0.155 e. The lowest BCUT2D eigenvalue weighted by Crippen LogP contribution is -2.34. The Hall–Kier alpha value is -0.900. The highest BCUT2D eigenvalue weighted by atomic mass is 16.6. The summed E-state index contributed by atoms with van der Waals surface area (Å²) in [6.45, 7) is 3.22. The van der Waals surface area contributed by atoms with Crippen LogP contribution in [0.3, 0.4) is 0 Å². The number of hydrogen-bond acceptors (Lipinski definition) is 3. The number of rotatable bonds is 5. The number of benzene rings is 1. The first kappa shape index (κ1) is 12.6. The Labute approximate surface area is 102 Å². The lowest BCUT2D eigenvalue weighted by atomic mass is 9.98. The molecule has 1 aromatic carbocycles. The van der Waals surface area contributed by atoms with Crippen LogP contribution in [0.25, 0.3) is 0 Å². The van der Waals surface area contributed by atoms with Crippen LogP contribution in [0.5, 0.6) is 0 Å². The smallest absolute Gasteiger partial charge is 0.155 e. The van der Waals surface area contributed by atoms with Crippen LogP contribution in [-0.2, 0) is 16.1 Å². The Kier molecular flexibility index (Phi) is 4.15. The molecule has 0 saturated carbocycles. The zero-order chi connectivity index (χ0) is 12.1. The van der Waals surface area contributed by atoms with Gasteiger partial charge in [-0.1, -0.05) is 37.3 Å². The van der Waals surface area contributed by atoms with Gasteiger partial charge >= 0.3 is 0 Å². The average Bonchev–Trinajstić information content (AvgIpc) is 2.73. The van der Waals surface area contributed by atoms with Crippen LogP contribution in [0.4, 0.5) is 0 Å². The topological polar surface area (TPSA) is 38.7 Å². The molecule has 1 fully saturated rings. The molecule has 3 heteroatoms. The highest BCUT2D eigenvalue weighted by Crippen LogP contribution is 2.32. The van der Waals surface area contributed by atoms with Gasteiger partial charge in [-0.25, -0.2) is 0 Å². The maximum absolute atomic E-state index is 9.43. The molecule has 1 aliphatic heterocycles. The third-order valence-corrected chi connectivity index (χ3v) is 3.35. The number of ether oxygens (including phenoxy) is 2. The van der Waals surface area contributed by atoms with E-state index in [1.807, 2.05) is 30.3 Å². The van der Waals surface area contributed by atoms with E-state index in [-0.39, 0.29) is 5.60 Å². The number of hydrogen-bond donors (Lipinski definition) is 1. The first-order valence-electron chi connectivity index (χ1n) is 6.22. The molecular weight excluding hydrogens is 216 g/mol. The SMILES string of the molecule is CCC1(COCc2ccccc2)CCC(O)O1. The first-order chi connectivity index (χ1) is 8.24. The van der Waals surface area contributed by atoms with Crippen LogP contribution in [0.1, 0.15) is 31.7 Å². The molecule has 0 aromatic heterocycles. The van der Waals surface area contributed by atoms with Gasteiger partial charge in [-0.15, -0.1) is 0 Å². The number of aliphatic hydroxyl groups excluding tert-OH is 1. The summed E-state index contributed by atoms with van der Waals surface area (Å²) in [4.78, 5) is 0. The van der Waals surface area contributed by atoms with E-state index in [0.717, 1.165) is 18.4 Å². The fourth-order valence-electron chi connectivity index (χ4n) is 2.19. The summed E-state index contributed by atoms with van der Waals surface area (Å²) < 4.78 is 11.3. The summed E-state index contributed by atoms with van der Waals surface area (Å²) in [6.07, 6.45) is 1.84. The molecule has 3 nitrogen and oxygen atoms in total. The molecule has 1 N–H and O–H groups in total. The second kappa shape index (κ2) is 5.63. The van der Waals surface area contributed by atoms with Gasteiger partial charge in [0.25, 0.3) is 0 Å². The monoisotopic (exact) mass is 236 g/mol. The second-order valence-electron chi connectivity index (χ2n) is 4.63. The van der Waals surface area contributed by atoms with Gasteiger partial charge in [0.1, 0.15) is 0 Å². The van der Waals surface area contributed by atoms with Gasteiger partial charge in [-0.05, 0) is 18.4 Å². The van der Waals surface area contributed by atoms with Gasteiger partial charge in [0.2, 0.25) is 0 Å². The zero-order valence-corrected chi connectivity index (χ0v) is 10.3. The summed E-state index contributed by atoms with van der Waals surface area (Å²) in [5.74, 6) is 0. The van der Waals surface area contributed by atoms with E-state index >= 15 is 0 Å². The van der Waals surface area contributed by atoms with Crippen molar-refractivity contribution in [2.75, 3.05) is 6.61 Å². The van der Waals surface area contributed by atoms with E-state index in [4.69, 9.17) is 9.47 Å². The minimum Gasteiger partial charge on any atom is -0.374 e. The maximum atomic E-state index is 9.43. The lowest BCUT2D eigenvalue weighted by molar-refractivity contribution is -0.162. The van der Waals surface area contributed by atoms with Crippen molar-refractivity contribution < 1.29 is 14.6 Å². The van der Waals surface area contributed by atoms with E-state index in [1.54, 1.807) is 0 Å². The van der Waals surface area contributed by atoms with E-state index in [1.165, 1.54) is 0 Å². The standard InChI is InChI=1S/C14H20O3/c1-2-14(9-8-13(15)17-14)11-16-10-12-6-4-3-5-7-12/h3-7,13,15H,2,8-11H2,1H3. The molecule has 0 bridgehead atoms. The molecule has 2 atom stereocenters. The summed E-state index contributed by atoms with van der Waals surface area (Å²) >= 11 is 0. The van der Waals surface area contributed by atoms with E-state index in [2.05, 4.69) is 6.92 Å². The molecule has 0 aliphatic carbocycles. The van der Waals surface area contributed by atoms with Crippen molar-refractivity contribution in [3.8, 4) is 0 Å². The van der Waals surface area contributed by atoms with Gasteiger partial charge < -0.3 is 14.6 Å². The van der Waals surface area contributed by atoms with Crippen LogP contribution in [0.15, 0.2) is 30.3 Å². The van der Waals surface area contributed by atoms with Crippen molar-refractivity contribution in [2.24, 2.45) is 0 Å². The Morgan fingerprint density at radius 3 is 2.76 bits per heavy atom. The molecule has 94 valence electrons. The highest BCUT2D eigenvalue weighted by Gasteiger charge is 2.38. The van der Waals surface area contributed by atoms with Crippen molar-refractivity contribution in [2.45, 2.75) is 44.7 Å². The van der Waals surface area contributed by atoms with Crippen molar-refractivity contribution in [1.29, 1.82) is 0 Å². The normalized spacial score (nSPS) is 28.5. The fraction of sp³-hybridized carbons (Fsp3) is 0.571. The van der Waals surface area contributed by atoms with Gasteiger partial charge in [0, 0.05) is 6.42 Å². The first-order valence-corrected chi connectivity index (χ1v) is 6.22.